The van der Waals surface area contributed by atoms with Gasteiger partial charge in [-0.05, 0) is 19.9 Å². The van der Waals surface area contributed by atoms with E-state index in [2.05, 4.69) is 16.6 Å². The summed E-state index contributed by atoms with van der Waals surface area (Å²) in [6, 6.07) is 5.92. The number of hydrazine groups is 1. The molecule has 0 amide bonds. The first-order valence-corrected chi connectivity index (χ1v) is 6.17. The first-order chi connectivity index (χ1) is 9.08. The second-order valence-corrected chi connectivity index (χ2v) is 4.65. The Labute approximate surface area is 113 Å². The molecule has 2 aromatic rings. The first-order valence-electron chi connectivity index (χ1n) is 6.17. The minimum Gasteiger partial charge on any atom is -0.496 e. The van der Waals surface area contributed by atoms with E-state index in [1.54, 1.807) is 7.11 Å². The number of ether oxygens (including phenoxy) is 1. The van der Waals surface area contributed by atoms with Gasteiger partial charge in [-0.1, -0.05) is 17.7 Å². The quantitative estimate of drug-likeness (QED) is 0.647. The molecule has 0 saturated heterocycles. The van der Waals surface area contributed by atoms with Crippen LogP contribution < -0.4 is 16.0 Å². The second kappa shape index (κ2) is 5.42. The average Bonchev–Trinajstić information content (AvgIpc) is 2.72. The number of aromatic nitrogens is 2. The Kier molecular flexibility index (Phi) is 3.87. The number of nitrogens with one attached hydrogen (secondary N) is 1. The Hall–Kier alpha value is -1.85. The maximum atomic E-state index is 5.75. The SMILES string of the molecule is COc1ccc(C)cc1C(NN)c1cnn(C)c1C. The third kappa shape index (κ3) is 2.47. The molecule has 1 unspecified atom stereocenters. The predicted molar refractivity (Wildman–Crippen MR) is 74.8 cm³/mol. The van der Waals surface area contributed by atoms with Crippen LogP contribution in [0.15, 0.2) is 24.4 Å². The van der Waals surface area contributed by atoms with E-state index in [-0.39, 0.29) is 6.04 Å². The second-order valence-electron chi connectivity index (χ2n) is 4.65. The van der Waals surface area contributed by atoms with E-state index < -0.39 is 0 Å². The van der Waals surface area contributed by atoms with Crippen molar-refractivity contribution >= 4 is 0 Å². The lowest BCUT2D eigenvalue weighted by Gasteiger charge is -2.19. The van der Waals surface area contributed by atoms with Crippen molar-refractivity contribution in [2.75, 3.05) is 7.11 Å². The molecule has 102 valence electrons. The van der Waals surface area contributed by atoms with Crippen molar-refractivity contribution in [3.63, 3.8) is 0 Å². The number of benzene rings is 1. The summed E-state index contributed by atoms with van der Waals surface area (Å²) in [7, 11) is 3.58. The highest BCUT2D eigenvalue weighted by molar-refractivity contribution is 5.44. The standard InChI is InChI=1S/C14H20N4O/c1-9-5-6-13(19-4)11(7-9)14(17-15)12-8-16-18(3)10(12)2/h5-8,14,17H,15H2,1-4H3. The van der Waals surface area contributed by atoms with E-state index in [0.29, 0.717) is 0 Å². The van der Waals surface area contributed by atoms with Gasteiger partial charge in [0.15, 0.2) is 0 Å². The maximum Gasteiger partial charge on any atom is 0.124 e. The van der Waals surface area contributed by atoms with Gasteiger partial charge in [0.25, 0.3) is 0 Å². The molecule has 3 N–H and O–H groups in total. The third-order valence-electron chi connectivity index (χ3n) is 3.45. The summed E-state index contributed by atoms with van der Waals surface area (Å²) < 4.78 is 7.26. The molecule has 0 fully saturated rings. The highest BCUT2D eigenvalue weighted by atomic mass is 16.5. The first kappa shape index (κ1) is 13.6. The molecule has 1 aromatic carbocycles. The van der Waals surface area contributed by atoms with Crippen molar-refractivity contribution in [3.8, 4) is 5.75 Å². The number of aryl methyl sites for hydroxylation is 2. The summed E-state index contributed by atoms with van der Waals surface area (Å²) in [5.41, 5.74) is 7.16. The zero-order valence-corrected chi connectivity index (χ0v) is 11.8. The number of nitrogens with two attached hydrogens (primary N) is 1. The molecule has 1 aromatic heterocycles. The third-order valence-corrected chi connectivity index (χ3v) is 3.45. The lowest BCUT2D eigenvalue weighted by atomic mass is 9.97. The number of hydrogen-bond acceptors (Lipinski definition) is 4. The van der Waals surface area contributed by atoms with Gasteiger partial charge in [-0.15, -0.1) is 0 Å². The van der Waals surface area contributed by atoms with Gasteiger partial charge in [0.05, 0.1) is 19.3 Å². The highest BCUT2D eigenvalue weighted by Crippen LogP contribution is 2.31. The number of hydrogen-bond donors (Lipinski definition) is 2. The lowest BCUT2D eigenvalue weighted by molar-refractivity contribution is 0.404. The molecule has 19 heavy (non-hydrogen) atoms. The van der Waals surface area contributed by atoms with E-state index in [0.717, 1.165) is 28.1 Å². The molecule has 0 aliphatic rings. The molecule has 1 atom stereocenters. The Balaban J connectivity index is 2.53. The van der Waals surface area contributed by atoms with E-state index >= 15 is 0 Å². The van der Waals surface area contributed by atoms with Crippen molar-refractivity contribution in [2.45, 2.75) is 19.9 Å². The Bertz CT molecular complexity index is 577. The lowest BCUT2D eigenvalue weighted by Crippen LogP contribution is -2.29. The van der Waals surface area contributed by atoms with Crippen LogP contribution in [0, 0.1) is 13.8 Å². The summed E-state index contributed by atoms with van der Waals surface area (Å²) in [4.78, 5) is 0. The van der Waals surface area contributed by atoms with Crippen LogP contribution in [0.25, 0.3) is 0 Å². The molecule has 0 bridgehead atoms. The summed E-state index contributed by atoms with van der Waals surface area (Å²) in [6.45, 7) is 4.07. The van der Waals surface area contributed by atoms with Gasteiger partial charge >= 0.3 is 0 Å². The van der Waals surface area contributed by atoms with Crippen molar-refractivity contribution < 1.29 is 4.74 Å². The van der Waals surface area contributed by atoms with Crippen LogP contribution in [-0.4, -0.2) is 16.9 Å². The summed E-state index contributed by atoms with van der Waals surface area (Å²) in [5.74, 6) is 6.56. The molecule has 1 heterocycles. The summed E-state index contributed by atoms with van der Waals surface area (Å²) in [6.07, 6.45) is 1.83. The normalized spacial score (nSPS) is 12.5. The molecule has 5 nitrogen and oxygen atoms in total. The molecule has 2 rings (SSSR count). The fourth-order valence-corrected chi connectivity index (χ4v) is 2.23. The number of methoxy groups -OCH3 is 1. The van der Waals surface area contributed by atoms with Crippen molar-refractivity contribution in [1.29, 1.82) is 0 Å². The van der Waals surface area contributed by atoms with Gasteiger partial charge in [-0.2, -0.15) is 5.10 Å². The fourth-order valence-electron chi connectivity index (χ4n) is 2.23. The van der Waals surface area contributed by atoms with Gasteiger partial charge in [-0.25, -0.2) is 5.43 Å². The molecule has 0 radical (unpaired) electrons. The van der Waals surface area contributed by atoms with Crippen LogP contribution in [0.4, 0.5) is 0 Å². The van der Waals surface area contributed by atoms with E-state index in [1.165, 1.54) is 0 Å². The van der Waals surface area contributed by atoms with Crippen LogP contribution in [-0.2, 0) is 7.05 Å². The maximum absolute atomic E-state index is 5.75. The number of rotatable bonds is 4. The van der Waals surface area contributed by atoms with Gasteiger partial charge < -0.3 is 4.74 Å². The average molecular weight is 260 g/mol. The molecule has 0 saturated carbocycles. The minimum atomic E-state index is -0.136. The van der Waals surface area contributed by atoms with Crippen molar-refractivity contribution in [3.05, 3.63) is 46.8 Å². The van der Waals surface area contributed by atoms with E-state index in [4.69, 9.17) is 10.6 Å². The van der Waals surface area contributed by atoms with E-state index in [1.807, 2.05) is 43.9 Å². The van der Waals surface area contributed by atoms with Crippen LogP contribution in [0.1, 0.15) is 28.4 Å². The largest absolute Gasteiger partial charge is 0.496 e. The molecule has 0 aliphatic heterocycles. The summed E-state index contributed by atoms with van der Waals surface area (Å²) in [5, 5.41) is 4.27. The topological polar surface area (TPSA) is 65.1 Å². The van der Waals surface area contributed by atoms with Crippen LogP contribution in [0.5, 0.6) is 5.75 Å². The fraction of sp³-hybridized carbons (Fsp3) is 0.357. The van der Waals surface area contributed by atoms with Crippen LogP contribution >= 0.6 is 0 Å². The van der Waals surface area contributed by atoms with Gasteiger partial charge in [0.2, 0.25) is 0 Å². The minimum absolute atomic E-state index is 0.136. The molecule has 0 aliphatic carbocycles. The predicted octanol–water partition coefficient (Wildman–Crippen LogP) is 1.60. The van der Waals surface area contributed by atoms with Crippen molar-refractivity contribution in [1.82, 2.24) is 15.2 Å². The van der Waals surface area contributed by atoms with E-state index in [9.17, 15) is 0 Å². The zero-order valence-electron chi connectivity index (χ0n) is 11.8. The molecule has 0 spiro atoms. The molecular formula is C14H20N4O. The Morgan fingerprint density at radius 1 is 1.32 bits per heavy atom. The molecular weight excluding hydrogens is 240 g/mol. The van der Waals surface area contributed by atoms with Crippen LogP contribution in [0.2, 0.25) is 0 Å². The van der Waals surface area contributed by atoms with Gasteiger partial charge in [-0.3, -0.25) is 10.5 Å². The Morgan fingerprint density at radius 3 is 2.58 bits per heavy atom. The van der Waals surface area contributed by atoms with Crippen LogP contribution in [0.3, 0.4) is 0 Å². The zero-order chi connectivity index (χ0) is 14.0. The number of nitrogens with zero attached hydrogens (tertiary/aromatic N) is 2. The smallest absolute Gasteiger partial charge is 0.124 e. The highest BCUT2D eigenvalue weighted by Gasteiger charge is 2.21. The molecule has 5 heteroatoms. The van der Waals surface area contributed by atoms with Crippen molar-refractivity contribution in [2.24, 2.45) is 12.9 Å². The summed E-state index contributed by atoms with van der Waals surface area (Å²) >= 11 is 0. The Morgan fingerprint density at radius 2 is 2.05 bits per heavy atom. The van der Waals surface area contributed by atoms with Gasteiger partial charge in [0.1, 0.15) is 5.75 Å². The van der Waals surface area contributed by atoms with Gasteiger partial charge in [0, 0.05) is 23.9 Å². The monoisotopic (exact) mass is 260 g/mol.